The number of benzene rings is 1. The van der Waals surface area contributed by atoms with Gasteiger partial charge < -0.3 is 19.6 Å². The van der Waals surface area contributed by atoms with E-state index < -0.39 is 0 Å². The standard InChI is InChI=1S/C20H18N4O3S/c1-24-6-5-21-18(24)11-22-20(26)17-10-14-9-15(2-3-16(14)27-17)23-19(25)8-13-4-7-28-12-13/h2-7,9-10,12H,8,11H2,1H3,(H,22,26)(H,23,25). The van der Waals surface area contributed by atoms with Gasteiger partial charge in [-0.3, -0.25) is 9.59 Å². The van der Waals surface area contributed by atoms with E-state index in [1.807, 2.05) is 34.6 Å². The number of thiophene rings is 1. The topological polar surface area (TPSA) is 89.2 Å². The highest BCUT2D eigenvalue weighted by Crippen LogP contribution is 2.23. The van der Waals surface area contributed by atoms with Crippen LogP contribution < -0.4 is 10.6 Å². The van der Waals surface area contributed by atoms with Crippen LogP contribution in [0.15, 0.2) is 57.9 Å². The number of amides is 2. The van der Waals surface area contributed by atoms with E-state index in [0.717, 1.165) is 16.8 Å². The van der Waals surface area contributed by atoms with Crippen LogP contribution in [0.3, 0.4) is 0 Å². The van der Waals surface area contributed by atoms with Crippen molar-refractivity contribution in [2.24, 2.45) is 7.05 Å². The number of nitrogens with one attached hydrogen (secondary N) is 2. The van der Waals surface area contributed by atoms with Crippen LogP contribution in [0, 0.1) is 0 Å². The molecule has 0 bridgehead atoms. The van der Waals surface area contributed by atoms with Crippen LogP contribution in [-0.2, 0) is 24.8 Å². The molecule has 0 fully saturated rings. The molecule has 0 atom stereocenters. The summed E-state index contributed by atoms with van der Waals surface area (Å²) >= 11 is 1.56. The van der Waals surface area contributed by atoms with Gasteiger partial charge in [0.05, 0.1) is 13.0 Å². The molecule has 0 spiro atoms. The van der Waals surface area contributed by atoms with Crippen molar-refractivity contribution in [2.45, 2.75) is 13.0 Å². The smallest absolute Gasteiger partial charge is 0.287 e. The lowest BCUT2D eigenvalue weighted by atomic mass is 10.2. The highest BCUT2D eigenvalue weighted by Gasteiger charge is 2.14. The van der Waals surface area contributed by atoms with Gasteiger partial charge >= 0.3 is 0 Å². The summed E-state index contributed by atoms with van der Waals surface area (Å²) in [5.41, 5.74) is 2.23. The molecule has 7 nitrogen and oxygen atoms in total. The van der Waals surface area contributed by atoms with Gasteiger partial charge in [-0.1, -0.05) is 0 Å². The Bertz CT molecular complexity index is 1130. The molecule has 8 heteroatoms. The summed E-state index contributed by atoms with van der Waals surface area (Å²) in [5.74, 6) is 0.558. The van der Waals surface area contributed by atoms with Gasteiger partial charge in [0.2, 0.25) is 5.91 Å². The van der Waals surface area contributed by atoms with Gasteiger partial charge in [-0.2, -0.15) is 11.3 Å². The van der Waals surface area contributed by atoms with E-state index in [0.29, 0.717) is 24.2 Å². The van der Waals surface area contributed by atoms with E-state index in [-0.39, 0.29) is 17.6 Å². The Labute approximate surface area is 165 Å². The first-order valence-electron chi connectivity index (χ1n) is 8.67. The Morgan fingerprint density at radius 3 is 2.89 bits per heavy atom. The number of anilines is 1. The molecule has 142 valence electrons. The number of hydrogen-bond donors (Lipinski definition) is 2. The molecule has 0 aliphatic carbocycles. The summed E-state index contributed by atoms with van der Waals surface area (Å²) < 4.78 is 7.46. The first kappa shape index (κ1) is 18.0. The predicted molar refractivity (Wildman–Crippen MR) is 107 cm³/mol. The molecule has 2 amide bonds. The van der Waals surface area contributed by atoms with Crippen LogP contribution in [0.25, 0.3) is 11.0 Å². The van der Waals surface area contributed by atoms with Crippen molar-refractivity contribution in [2.75, 3.05) is 5.32 Å². The van der Waals surface area contributed by atoms with Crippen LogP contribution in [0.5, 0.6) is 0 Å². The molecular weight excluding hydrogens is 376 g/mol. The fraction of sp³-hybridized carbons (Fsp3) is 0.150. The molecule has 3 heterocycles. The highest BCUT2D eigenvalue weighted by molar-refractivity contribution is 7.08. The summed E-state index contributed by atoms with van der Waals surface area (Å²) in [7, 11) is 1.86. The maximum Gasteiger partial charge on any atom is 0.287 e. The average Bonchev–Trinajstić information content (AvgIpc) is 3.40. The van der Waals surface area contributed by atoms with E-state index in [4.69, 9.17) is 4.42 Å². The molecule has 4 aromatic rings. The summed E-state index contributed by atoms with van der Waals surface area (Å²) in [5, 5.41) is 10.3. The number of aryl methyl sites for hydroxylation is 1. The third kappa shape index (κ3) is 3.96. The molecule has 2 N–H and O–H groups in total. The van der Waals surface area contributed by atoms with E-state index in [1.54, 1.807) is 41.8 Å². The van der Waals surface area contributed by atoms with E-state index in [2.05, 4.69) is 15.6 Å². The Hall–Kier alpha value is -3.39. The van der Waals surface area contributed by atoms with E-state index >= 15 is 0 Å². The summed E-state index contributed by atoms with van der Waals surface area (Å²) in [6.45, 7) is 0.309. The summed E-state index contributed by atoms with van der Waals surface area (Å²) in [6, 6.07) is 8.88. The second-order valence-electron chi connectivity index (χ2n) is 6.36. The first-order chi connectivity index (χ1) is 13.6. The Balaban J connectivity index is 1.43. The van der Waals surface area contributed by atoms with E-state index in [9.17, 15) is 9.59 Å². The first-order valence-corrected chi connectivity index (χ1v) is 9.62. The lowest BCUT2D eigenvalue weighted by Gasteiger charge is -2.04. The van der Waals surface area contributed by atoms with Gasteiger partial charge in [0.1, 0.15) is 11.4 Å². The minimum absolute atomic E-state index is 0.0886. The van der Waals surface area contributed by atoms with Crippen LogP contribution in [-0.4, -0.2) is 21.4 Å². The molecule has 0 unspecified atom stereocenters. The molecule has 0 saturated heterocycles. The zero-order chi connectivity index (χ0) is 19.5. The highest BCUT2D eigenvalue weighted by atomic mass is 32.1. The quantitative estimate of drug-likeness (QED) is 0.525. The third-order valence-corrected chi connectivity index (χ3v) is 5.03. The molecule has 28 heavy (non-hydrogen) atoms. The van der Waals surface area contributed by atoms with Crippen molar-refractivity contribution in [3.8, 4) is 0 Å². The Morgan fingerprint density at radius 1 is 1.25 bits per heavy atom. The maximum absolute atomic E-state index is 12.4. The normalized spacial score (nSPS) is 10.9. The van der Waals surface area contributed by atoms with Gasteiger partial charge in [-0.25, -0.2) is 4.98 Å². The molecule has 1 aromatic carbocycles. The van der Waals surface area contributed by atoms with Crippen LogP contribution in [0.4, 0.5) is 5.69 Å². The number of furan rings is 1. The third-order valence-electron chi connectivity index (χ3n) is 4.30. The monoisotopic (exact) mass is 394 g/mol. The number of rotatable bonds is 6. The SMILES string of the molecule is Cn1ccnc1CNC(=O)c1cc2cc(NC(=O)Cc3ccsc3)ccc2o1. The number of imidazole rings is 1. The lowest BCUT2D eigenvalue weighted by molar-refractivity contribution is -0.115. The van der Waals surface area contributed by atoms with Crippen molar-refractivity contribution in [3.63, 3.8) is 0 Å². The fourth-order valence-electron chi connectivity index (χ4n) is 2.83. The number of hydrogen-bond acceptors (Lipinski definition) is 5. The van der Waals surface area contributed by atoms with Gasteiger partial charge in [0, 0.05) is 30.5 Å². The van der Waals surface area contributed by atoms with Crippen molar-refractivity contribution >= 4 is 39.8 Å². The Kier molecular flexibility index (Phi) is 4.94. The minimum atomic E-state index is -0.317. The van der Waals surface area contributed by atoms with Crippen LogP contribution in [0.1, 0.15) is 21.9 Å². The van der Waals surface area contributed by atoms with Gasteiger partial charge in [-0.15, -0.1) is 0 Å². The Morgan fingerprint density at radius 2 is 2.14 bits per heavy atom. The number of nitrogens with zero attached hydrogens (tertiary/aromatic N) is 2. The second-order valence-corrected chi connectivity index (χ2v) is 7.14. The molecule has 0 aliphatic heterocycles. The maximum atomic E-state index is 12.4. The van der Waals surface area contributed by atoms with Gasteiger partial charge in [0.15, 0.2) is 5.76 Å². The van der Waals surface area contributed by atoms with Crippen molar-refractivity contribution in [1.29, 1.82) is 0 Å². The molecule has 0 radical (unpaired) electrons. The molecule has 4 rings (SSSR count). The number of carbonyl (C=O) groups is 2. The fourth-order valence-corrected chi connectivity index (χ4v) is 3.50. The minimum Gasteiger partial charge on any atom is -0.451 e. The molecule has 0 saturated carbocycles. The van der Waals surface area contributed by atoms with E-state index in [1.165, 1.54) is 0 Å². The molecule has 0 aliphatic rings. The number of aromatic nitrogens is 2. The van der Waals surface area contributed by atoms with Gasteiger partial charge in [-0.05, 0) is 46.7 Å². The number of carbonyl (C=O) groups excluding carboxylic acids is 2. The zero-order valence-corrected chi connectivity index (χ0v) is 16.0. The van der Waals surface area contributed by atoms with Crippen molar-refractivity contribution in [3.05, 3.63) is 70.6 Å². The predicted octanol–water partition coefficient (Wildman–Crippen LogP) is 3.34. The summed E-state index contributed by atoms with van der Waals surface area (Å²) in [4.78, 5) is 28.7. The van der Waals surface area contributed by atoms with Crippen LogP contribution >= 0.6 is 11.3 Å². The van der Waals surface area contributed by atoms with Crippen LogP contribution in [0.2, 0.25) is 0 Å². The van der Waals surface area contributed by atoms with Crippen molar-refractivity contribution < 1.29 is 14.0 Å². The van der Waals surface area contributed by atoms with Gasteiger partial charge in [0.25, 0.3) is 5.91 Å². The average molecular weight is 394 g/mol. The number of fused-ring (bicyclic) bond motifs is 1. The molecule has 3 aromatic heterocycles. The van der Waals surface area contributed by atoms with Crippen molar-refractivity contribution in [1.82, 2.24) is 14.9 Å². The largest absolute Gasteiger partial charge is 0.451 e. The second kappa shape index (κ2) is 7.69. The zero-order valence-electron chi connectivity index (χ0n) is 15.1. The summed E-state index contributed by atoms with van der Waals surface area (Å²) in [6.07, 6.45) is 3.82. The lowest BCUT2D eigenvalue weighted by Crippen LogP contribution is -2.23. The molecular formula is C20H18N4O3S.